The van der Waals surface area contributed by atoms with Crippen LogP contribution in [0.25, 0.3) is 0 Å². The highest BCUT2D eigenvalue weighted by Crippen LogP contribution is 2.54. The normalized spacial score (nSPS) is 24.5. The summed E-state index contributed by atoms with van der Waals surface area (Å²) in [5, 5.41) is 5.27. The maximum Gasteiger partial charge on any atom is 0.408 e. The van der Waals surface area contributed by atoms with E-state index in [4.69, 9.17) is 19.9 Å². The van der Waals surface area contributed by atoms with E-state index >= 15 is 0 Å². The molecular formula is C34H47N5O7. The zero-order valence-corrected chi connectivity index (χ0v) is 27.0. The summed E-state index contributed by atoms with van der Waals surface area (Å²) in [5.41, 5.74) is 5.85. The highest BCUT2D eigenvalue weighted by Gasteiger charge is 2.48. The second-order valence-electron chi connectivity index (χ2n) is 14.1. The van der Waals surface area contributed by atoms with Gasteiger partial charge in [-0.15, -0.1) is 0 Å². The van der Waals surface area contributed by atoms with Crippen molar-refractivity contribution < 1.29 is 33.4 Å². The number of hydrogen-bond acceptors (Lipinski definition) is 8. The molecule has 0 unspecified atom stereocenters. The van der Waals surface area contributed by atoms with E-state index in [0.717, 1.165) is 17.4 Å². The molecule has 2 atom stereocenters. The van der Waals surface area contributed by atoms with E-state index in [1.54, 1.807) is 45.4 Å². The molecule has 4 bridgehead atoms. The fourth-order valence-electron chi connectivity index (χ4n) is 7.41. The van der Waals surface area contributed by atoms with Crippen molar-refractivity contribution >= 4 is 23.9 Å². The van der Waals surface area contributed by atoms with E-state index < -0.39 is 41.6 Å². The number of hydrogen-bond donors (Lipinski definition) is 3. The van der Waals surface area contributed by atoms with E-state index in [2.05, 4.69) is 15.6 Å². The summed E-state index contributed by atoms with van der Waals surface area (Å²) in [6.45, 7) is 5.50. The predicted octanol–water partition coefficient (Wildman–Crippen LogP) is 3.61. The summed E-state index contributed by atoms with van der Waals surface area (Å²) in [7, 11) is 0. The molecule has 0 saturated heterocycles. The minimum atomic E-state index is -1.17. The van der Waals surface area contributed by atoms with Crippen LogP contribution in [-0.2, 0) is 48.4 Å². The van der Waals surface area contributed by atoms with Gasteiger partial charge in [0.25, 0.3) is 0 Å². The van der Waals surface area contributed by atoms with Crippen LogP contribution in [0.15, 0.2) is 42.9 Å². The number of nitrogens with two attached hydrogens (primary N) is 1. The molecule has 6 rings (SSSR count). The molecule has 1 heterocycles. The summed E-state index contributed by atoms with van der Waals surface area (Å²) in [5.74, 6) is 0.990. The Balaban J connectivity index is 1.23. The lowest BCUT2D eigenvalue weighted by molar-refractivity contribution is -0.149. The molecule has 4 fully saturated rings. The Labute approximate surface area is 270 Å². The van der Waals surface area contributed by atoms with Gasteiger partial charge in [-0.3, -0.25) is 9.59 Å². The first-order chi connectivity index (χ1) is 21.9. The van der Waals surface area contributed by atoms with Crippen LogP contribution in [-0.4, -0.2) is 57.2 Å². The third-order valence-corrected chi connectivity index (χ3v) is 9.17. The third kappa shape index (κ3) is 9.31. The van der Waals surface area contributed by atoms with Gasteiger partial charge in [0.05, 0.1) is 18.1 Å². The fraction of sp³-hybridized carbons (Fsp3) is 0.618. The fourth-order valence-corrected chi connectivity index (χ4v) is 7.41. The first kappa shape index (κ1) is 33.4. The summed E-state index contributed by atoms with van der Waals surface area (Å²) in [4.78, 5) is 55.4. The second-order valence-corrected chi connectivity index (χ2v) is 14.1. The number of alkyl carbamates (subject to hydrolysis) is 1. The van der Waals surface area contributed by atoms with Crippen molar-refractivity contribution in [1.82, 2.24) is 20.2 Å². The number of aromatic nitrogens is 2. The molecule has 1 aromatic carbocycles. The van der Waals surface area contributed by atoms with Crippen LogP contribution in [0.3, 0.4) is 0 Å². The molecule has 250 valence electrons. The Bertz CT molecular complexity index is 1340. The quantitative estimate of drug-likeness (QED) is 0.265. The second kappa shape index (κ2) is 14.7. The van der Waals surface area contributed by atoms with Crippen molar-refractivity contribution in [1.29, 1.82) is 0 Å². The highest BCUT2D eigenvalue weighted by molar-refractivity contribution is 5.90. The van der Waals surface area contributed by atoms with Crippen LogP contribution in [0.2, 0.25) is 0 Å². The Hall–Kier alpha value is -3.93. The van der Waals surface area contributed by atoms with Crippen molar-refractivity contribution in [2.75, 3.05) is 0 Å². The molecule has 0 aliphatic heterocycles. The number of imidazole rings is 1. The zero-order valence-electron chi connectivity index (χ0n) is 27.0. The largest absolute Gasteiger partial charge is 0.459 e. The van der Waals surface area contributed by atoms with Crippen molar-refractivity contribution in [2.45, 2.75) is 109 Å². The summed E-state index contributed by atoms with van der Waals surface area (Å²) in [6, 6.07) is 6.78. The van der Waals surface area contributed by atoms with Crippen molar-refractivity contribution in [3.63, 3.8) is 0 Å². The van der Waals surface area contributed by atoms with E-state index in [0.29, 0.717) is 24.3 Å². The number of rotatable bonds is 14. The molecule has 12 heteroatoms. The average molecular weight is 638 g/mol. The van der Waals surface area contributed by atoms with E-state index in [-0.39, 0.29) is 32.0 Å². The maximum absolute atomic E-state index is 13.6. The van der Waals surface area contributed by atoms with Crippen molar-refractivity contribution in [2.24, 2.45) is 29.4 Å². The summed E-state index contributed by atoms with van der Waals surface area (Å²) in [6.07, 6.45) is 9.18. The summed E-state index contributed by atoms with van der Waals surface area (Å²) >= 11 is 0. The number of nitrogens with one attached hydrogen (secondary N) is 2. The number of amides is 3. The minimum absolute atomic E-state index is 0.00871. The number of carbonyl (C=O) groups excluding carboxylic acids is 4. The molecule has 0 spiro atoms. The predicted molar refractivity (Wildman–Crippen MR) is 168 cm³/mol. The van der Waals surface area contributed by atoms with Crippen LogP contribution < -0.4 is 16.4 Å². The zero-order chi connectivity index (χ0) is 32.8. The Morgan fingerprint density at radius 1 is 0.978 bits per heavy atom. The lowest BCUT2D eigenvalue weighted by Crippen LogP contribution is -2.53. The molecular weight excluding hydrogens is 590 g/mol. The van der Waals surface area contributed by atoms with Crippen LogP contribution in [0.4, 0.5) is 4.79 Å². The Kier molecular flexibility index (Phi) is 10.7. The van der Waals surface area contributed by atoms with Gasteiger partial charge in [-0.05, 0) is 88.5 Å². The Morgan fingerprint density at radius 3 is 2.28 bits per heavy atom. The minimum Gasteiger partial charge on any atom is -0.459 e. The molecule has 4 aliphatic carbocycles. The lowest BCUT2D eigenvalue weighted by atomic mass is 9.55. The SMILES string of the molecule is CC(C)(C)OC(=O)N[C@H](Cc1cn(COC2C3CC4CC(C3)CC2C4)cn1)C(=O)N[C@@H](CCC(N)=O)C(=O)OCc1ccccc1. The van der Waals surface area contributed by atoms with Gasteiger partial charge in [-0.2, -0.15) is 0 Å². The molecule has 46 heavy (non-hydrogen) atoms. The molecule has 4 saturated carbocycles. The first-order valence-electron chi connectivity index (χ1n) is 16.3. The number of carbonyl (C=O) groups is 4. The van der Waals surface area contributed by atoms with E-state index in [1.807, 2.05) is 22.8 Å². The molecule has 4 N–H and O–H groups in total. The number of nitrogens with zero attached hydrogens (tertiary/aromatic N) is 2. The Morgan fingerprint density at radius 2 is 1.65 bits per heavy atom. The van der Waals surface area contributed by atoms with Gasteiger partial charge in [-0.1, -0.05) is 30.3 Å². The van der Waals surface area contributed by atoms with Crippen molar-refractivity contribution in [3.8, 4) is 0 Å². The van der Waals surface area contributed by atoms with Gasteiger partial charge in [0.1, 0.15) is 31.0 Å². The van der Waals surface area contributed by atoms with Gasteiger partial charge >= 0.3 is 12.1 Å². The molecule has 3 amide bonds. The highest BCUT2D eigenvalue weighted by atomic mass is 16.6. The summed E-state index contributed by atoms with van der Waals surface area (Å²) < 4.78 is 19.1. The number of ether oxygens (including phenoxy) is 3. The van der Waals surface area contributed by atoms with Gasteiger partial charge in [-0.25, -0.2) is 14.6 Å². The maximum atomic E-state index is 13.6. The van der Waals surface area contributed by atoms with Crippen LogP contribution >= 0.6 is 0 Å². The van der Waals surface area contributed by atoms with Gasteiger partial charge in [0.15, 0.2) is 0 Å². The van der Waals surface area contributed by atoms with Crippen molar-refractivity contribution in [3.05, 3.63) is 54.1 Å². The molecule has 12 nitrogen and oxygen atoms in total. The van der Waals surface area contributed by atoms with Gasteiger partial charge < -0.3 is 35.1 Å². The lowest BCUT2D eigenvalue weighted by Gasteiger charge is -2.53. The average Bonchev–Trinajstić information content (AvgIpc) is 3.43. The van der Waals surface area contributed by atoms with Gasteiger partial charge in [0.2, 0.25) is 11.8 Å². The van der Waals surface area contributed by atoms with E-state index in [9.17, 15) is 19.2 Å². The van der Waals surface area contributed by atoms with E-state index in [1.165, 1.54) is 32.1 Å². The monoisotopic (exact) mass is 637 g/mol. The number of benzene rings is 1. The van der Waals surface area contributed by atoms with Crippen LogP contribution in [0.1, 0.15) is 77.0 Å². The van der Waals surface area contributed by atoms with Crippen LogP contribution in [0, 0.1) is 23.7 Å². The topological polar surface area (TPSA) is 164 Å². The standard InChI is InChI=1S/C34H47N5O7/c1-34(2,3)46-33(43)38-28(31(41)37-27(9-10-29(35)40)32(42)44-18-21-7-5-4-6-8-21)16-26-17-39(19-36-26)20-45-30-24-12-22-11-23(14-24)15-25(30)13-22/h4-8,17,19,22-25,27-28,30H,9-16,18,20H2,1-3H3,(H2,35,40)(H,37,41)(H,38,43)/t22?,23?,24?,25?,27-,28+,30?/m0/s1. The third-order valence-electron chi connectivity index (χ3n) is 9.17. The van der Waals surface area contributed by atoms with Gasteiger partial charge in [0, 0.05) is 19.0 Å². The smallest absolute Gasteiger partial charge is 0.408 e. The first-order valence-corrected chi connectivity index (χ1v) is 16.3. The molecule has 0 radical (unpaired) electrons. The molecule has 4 aliphatic rings. The van der Waals surface area contributed by atoms with Crippen LogP contribution in [0.5, 0.6) is 0 Å². The molecule has 1 aromatic heterocycles. The molecule has 2 aromatic rings. The number of primary amides is 1. The number of esters is 1.